The van der Waals surface area contributed by atoms with Crippen molar-refractivity contribution in [2.24, 2.45) is 0 Å². The number of nitrogens with one attached hydrogen (secondary N) is 3. The molecule has 2 aromatic heterocycles. The Hall–Kier alpha value is -3.19. The molecular weight excluding hydrogens is 352 g/mol. The molecule has 1 aromatic carbocycles. The third-order valence-corrected chi connectivity index (χ3v) is 3.83. The van der Waals surface area contributed by atoms with E-state index >= 15 is 0 Å². The van der Waals surface area contributed by atoms with Crippen molar-refractivity contribution in [3.8, 4) is 0 Å². The van der Waals surface area contributed by atoms with E-state index in [0.717, 1.165) is 5.69 Å². The number of hydrogen-bond acceptors (Lipinski definition) is 6. The number of benzene rings is 1. The average molecular weight is 369 g/mol. The first-order valence-corrected chi connectivity index (χ1v) is 8.24. The van der Waals surface area contributed by atoms with Gasteiger partial charge in [0.1, 0.15) is 5.82 Å². The Bertz CT molecular complexity index is 932. The van der Waals surface area contributed by atoms with E-state index in [1.165, 1.54) is 0 Å². The normalized spacial score (nSPS) is 10.3. The number of aromatic nitrogens is 3. The van der Waals surface area contributed by atoms with Gasteiger partial charge < -0.3 is 16.0 Å². The Kier molecular flexibility index (Phi) is 5.28. The molecule has 3 aromatic rings. The fourth-order valence-corrected chi connectivity index (χ4v) is 2.50. The SMILES string of the molecule is CNc1cc(C)nc(Nc2ccc(Cl)c(C(=O)Nc3cccnc3)c2)n1. The maximum absolute atomic E-state index is 12.5. The molecule has 0 aliphatic carbocycles. The van der Waals surface area contributed by atoms with Gasteiger partial charge in [0.15, 0.2) is 0 Å². The number of carbonyl (C=O) groups is 1. The van der Waals surface area contributed by atoms with Crippen LogP contribution in [0.25, 0.3) is 0 Å². The first-order chi connectivity index (χ1) is 12.5. The summed E-state index contributed by atoms with van der Waals surface area (Å²) in [6, 6.07) is 10.4. The van der Waals surface area contributed by atoms with Crippen molar-refractivity contribution in [3.63, 3.8) is 0 Å². The van der Waals surface area contributed by atoms with E-state index in [-0.39, 0.29) is 5.91 Å². The number of nitrogens with zero attached hydrogens (tertiary/aromatic N) is 3. The van der Waals surface area contributed by atoms with Gasteiger partial charge in [-0.1, -0.05) is 11.6 Å². The Balaban J connectivity index is 1.83. The zero-order valence-corrected chi connectivity index (χ0v) is 15.0. The van der Waals surface area contributed by atoms with Crippen LogP contribution in [0.15, 0.2) is 48.8 Å². The molecular formula is C18H17ClN6O. The van der Waals surface area contributed by atoms with Crippen LogP contribution in [0.3, 0.4) is 0 Å². The van der Waals surface area contributed by atoms with Crippen molar-refractivity contribution in [1.82, 2.24) is 15.0 Å². The number of halogens is 1. The summed E-state index contributed by atoms with van der Waals surface area (Å²) in [4.78, 5) is 25.1. The molecule has 0 bridgehead atoms. The largest absolute Gasteiger partial charge is 0.373 e. The maximum Gasteiger partial charge on any atom is 0.257 e. The maximum atomic E-state index is 12.5. The number of aryl methyl sites for hydroxylation is 1. The van der Waals surface area contributed by atoms with Crippen LogP contribution in [0, 0.1) is 6.92 Å². The van der Waals surface area contributed by atoms with Gasteiger partial charge in [-0.15, -0.1) is 0 Å². The zero-order chi connectivity index (χ0) is 18.5. The molecule has 26 heavy (non-hydrogen) atoms. The Morgan fingerprint density at radius 3 is 2.69 bits per heavy atom. The first kappa shape index (κ1) is 17.6. The zero-order valence-electron chi connectivity index (χ0n) is 14.2. The van der Waals surface area contributed by atoms with E-state index < -0.39 is 0 Å². The van der Waals surface area contributed by atoms with Crippen LogP contribution in [-0.4, -0.2) is 27.9 Å². The molecule has 0 fully saturated rings. The molecule has 0 aliphatic heterocycles. The highest BCUT2D eigenvalue weighted by molar-refractivity contribution is 6.34. The van der Waals surface area contributed by atoms with Crippen molar-refractivity contribution in [2.45, 2.75) is 6.92 Å². The lowest BCUT2D eigenvalue weighted by atomic mass is 10.2. The number of hydrogen-bond donors (Lipinski definition) is 3. The summed E-state index contributed by atoms with van der Waals surface area (Å²) in [7, 11) is 1.79. The van der Waals surface area contributed by atoms with Gasteiger partial charge in [-0.3, -0.25) is 9.78 Å². The summed E-state index contributed by atoms with van der Waals surface area (Å²) in [6.07, 6.45) is 3.20. The van der Waals surface area contributed by atoms with Crippen LogP contribution < -0.4 is 16.0 Å². The third kappa shape index (κ3) is 4.25. The van der Waals surface area contributed by atoms with Crippen LogP contribution in [0.4, 0.5) is 23.1 Å². The van der Waals surface area contributed by atoms with Gasteiger partial charge in [0.05, 0.1) is 22.5 Å². The lowest BCUT2D eigenvalue weighted by molar-refractivity contribution is 0.102. The molecule has 0 saturated heterocycles. The highest BCUT2D eigenvalue weighted by Crippen LogP contribution is 2.24. The van der Waals surface area contributed by atoms with Crippen LogP contribution in [-0.2, 0) is 0 Å². The van der Waals surface area contributed by atoms with E-state index in [4.69, 9.17) is 11.6 Å². The van der Waals surface area contributed by atoms with E-state index in [1.54, 1.807) is 49.8 Å². The summed E-state index contributed by atoms with van der Waals surface area (Å²) in [5.41, 5.74) is 2.39. The summed E-state index contributed by atoms with van der Waals surface area (Å²) in [5, 5.41) is 9.18. The molecule has 1 amide bonds. The minimum absolute atomic E-state index is 0.326. The number of pyridine rings is 1. The quantitative estimate of drug-likeness (QED) is 0.633. The monoisotopic (exact) mass is 368 g/mol. The third-order valence-electron chi connectivity index (χ3n) is 3.50. The fraction of sp³-hybridized carbons (Fsp3) is 0.111. The molecule has 3 N–H and O–H groups in total. The molecule has 2 heterocycles. The van der Waals surface area contributed by atoms with Gasteiger partial charge in [-0.25, -0.2) is 4.98 Å². The number of rotatable bonds is 5. The molecule has 8 heteroatoms. The molecule has 0 atom stereocenters. The minimum atomic E-state index is -0.326. The van der Waals surface area contributed by atoms with Crippen LogP contribution in [0.1, 0.15) is 16.1 Å². The molecule has 0 unspecified atom stereocenters. The lowest BCUT2D eigenvalue weighted by Gasteiger charge is -2.11. The minimum Gasteiger partial charge on any atom is -0.373 e. The second kappa shape index (κ2) is 7.79. The van der Waals surface area contributed by atoms with Gasteiger partial charge in [0.25, 0.3) is 5.91 Å². The molecule has 0 saturated carbocycles. The van der Waals surface area contributed by atoms with Crippen LogP contribution >= 0.6 is 11.6 Å². The highest BCUT2D eigenvalue weighted by atomic mass is 35.5. The van der Waals surface area contributed by atoms with E-state index in [2.05, 4.69) is 30.9 Å². The molecule has 7 nitrogen and oxygen atoms in total. The van der Waals surface area contributed by atoms with E-state index in [9.17, 15) is 4.79 Å². The predicted molar refractivity (Wildman–Crippen MR) is 103 cm³/mol. The summed E-state index contributed by atoms with van der Waals surface area (Å²) in [6.45, 7) is 1.88. The van der Waals surface area contributed by atoms with Crippen LogP contribution in [0.2, 0.25) is 5.02 Å². The van der Waals surface area contributed by atoms with Gasteiger partial charge in [-0.05, 0) is 37.3 Å². The fourth-order valence-electron chi connectivity index (χ4n) is 2.29. The highest BCUT2D eigenvalue weighted by Gasteiger charge is 2.12. The van der Waals surface area contributed by atoms with Gasteiger partial charge in [-0.2, -0.15) is 4.98 Å². The van der Waals surface area contributed by atoms with Crippen LogP contribution in [0.5, 0.6) is 0 Å². The average Bonchev–Trinajstić information content (AvgIpc) is 2.63. The smallest absolute Gasteiger partial charge is 0.257 e. The molecule has 132 valence electrons. The standard InChI is InChI=1S/C18H17ClN6O/c1-11-8-16(20-2)25-18(22-11)24-12-5-6-15(19)14(9-12)17(26)23-13-4-3-7-21-10-13/h3-10H,1-2H3,(H,23,26)(H2,20,22,24,25). The number of carbonyl (C=O) groups excluding carboxylic acids is 1. The molecule has 0 radical (unpaired) electrons. The Morgan fingerprint density at radius 2 is 1.96 bits per heavy atom. The first-order valence-electron chi connectivity index (χ1n) is 7.86. The number of anilines is 4. The van der Waals surface area contributed by atoms with E-state index in [0.29, 0.717) is 33.7 Å². The predicted octanol–water partition coefficient (Wildman–Crippen LogP) is 3.87. The second-order valence-electron chi connectivity index (χ2n) is 5.48. The number of amides is 1. The lowest BCUT2D eigenvalue weighted by Crippen LogP contribution is -2.13. The van der Waals surface area contributed by atoms with Crippen molar-refractivity contribution in [2.75, 3.05) is 23.0 Å². The van der Waals surface area contributed by atoms with Gasteiger partial charge in [0, 0.05) is 30.7 Å². The van der Waals surface area contributed by atoms with Crippen molar-refractivity contribution < 1.29 is 4.79 Å². The second-order valence-corrected chi connectivity index (χ2v) is 5.89. The molecule has 0 aliphatic rings. The topological polar surface area (TPSA) is 91.8 Å². The summed E-state index contributed by atoms with van der Waals surface area (Å²) in [5.74, 6) is 0.798. The van der Waals surface area contributed by atoms with Crippen molar-refractivity contribution >= 4 is 40.6 Å². The molecule has 0 spiro atoms. The van der Waals surface area contributed by atoms with E-state index in [1.807, 2.05) is 13.0 Å². The van der Waals surface area contributed by atoms with Crippen molar-refractivity contribution in [3.05, 3.63) is 65.1 Å². The van der Waals surface area contributed by atoms with Gasteiger partial charge >= 0.3 is 0 Å². The van der Waals surface area contributed by atoms with Gasteiger partial charge in [0.2, 0.25) is 5.95 Å². The Morgan fingerprint density at radius 1 is 1.12 bits per heavy atom. The summed E-state index contributed by atoms with van der Waals surface area (Å²) >= 11 is 6.19. The molecule has 3 rings (SSSR count). The van der Waals surface area contributed by atoms with Crippen molar-refractivity contribution in [1.29, 1.82) is 0 Å². The Labute approximate surface area is 155 Å². The summed E-state index contributed by atoms with van der Waals surface area (Å²) < 4.78 is 0.